The van der Waals surface area contributed by atoms with Crippen LogP contribution >= 0.6 is 0 Å². The van der Waals surface area contributed by atoms with Crippen LogP contribution in [0.15, 0.2) is 0 Å². The summed E-state index contributed by atoms with van der Waals surface area (Å²) < 4.78 is 0. The highest BCUT2D eigenvalue weighted by molar-refractivity contribution is 5.14. The number of hydrogen-bond donors (Lipinski definition) is 1. The largest absolute Gasteiger partial charge is 0.393 e. The lowest BCUT2D eigenvalue weighted by Crippen LogP contribution is -2.14. The minimum atomic E-state index is -0.0776. The van der Waals surface area contributed by atoms with Crippen molar-refractivity contribution in [2.75, 3.05) is 0 Å². The highest BCUT2D eigenvalue weighted by Gasteiger charge is 2.66. The molecule has 1 aliphatic carbocycles. The molecule has 0 spiro atoms. The summed E-state index contributed by atoms with van der Waals surface area (Å²) in [5.41, 5.74) is 0.656. The molecular formula is C16H32O. The number of unbranched alkanes of at least 4 members (excludes halogenated alkanes) is 5. The summed E-state index contributed by atoms with van der Waals surface area (Å²) in [7, 11) is 0. The van der Waals surface area contributed by atoms with Gasteiger partial charge in [-0.05, 0) is 23.2 Å². The Bertz CT molecular complexity index is 216. The van der Waals surface area contributed by atoms with E-state index in [0.717, 1.165) is 6.42 Å². The van der Waals surface area contributed by atoms with Crippen LogP contribution in [0.1, 0.15) is 79.6 Å². The fourth-order valence-corrected chi connectivity index (χ4v) is 3.51. The quantitative estimate of drug-likeness (QED) is 0.605. The molecule has 1 atom stereocenters. The van der Waals surface area contributed by atoms with Crippen LogP contribution in [0, 0.1) is 16.7 Å². The lowest BCUT2D eigenvalue weighted by Gasteiger charge is -2.12. The Labute approximate surface area is 108 Å². The fourth-order valence-electron chi connectivity index (χ4n) is 3.51. The molecule has 1 unspecified atom stereocenters. The van der Waals surface area contributed by atoms with Gasteiger partial charge in [0.2, 0.25) is 0 Å². The van der Waals surface area contributed by atoms with Gasteiger partial charge in [0, 0.05) is 0 Å². The molecule has 1 rings (SSSR count). The van der Waals surface area contributed by atoms with Crippen molar-refractivity contribution < 1.29 is 5.11 Å². The Kier molecular flexibility index (Phi) is 5.07. The van der Waals surface area contributed by atoms with Crippen molar-refractivity contribution in [2.24, 2.45) is 16.7 Å². The molecule has 0 radical (unpaired) electrons. The first-order valence-electron chi connectivity index (χ1n) is 7.53. The molecule has 17 heavy (non-hydrogen) atoms. The van der Waals surface area contributed by atoms with Gasteiger partial charge in [-0.25, -0.2) is 0 Å². The minimum Gasteiger partial charge on any atom is -0.393 e. The second-order valence-electron chi connectivity index (χ2n) is 7.04. The van der Waals surface area contributed by atoms with E-state index in [9.17, 15) is 5.11 Å². The Morgan fingerprint density at radius 2 is 1.35 bits per heavy atom. The lowest BCUT2D eigenvalue weighted by atomic mass is 10.0. The van der Waals surface area contributed by atoms with Crippen LogP contribution in [0.25, 0.3) is 0 Å². The second-order valence-corrected chi connectivity index (χ2v) is 7.04. The fraction of sp³-hybridized carbons (Fsp3) is 1.00. The molecule has 1 saturated carbocycles. The molecule has 0 aromatic carbocycles. The third-order valence-corrected chi connectivity index (χ3v) is 5.37. The van der Waals surface area contributed by atoms with Crippen molar-refractivity contribution in [3.05, 3.63) is 0 Å². The maximum absolute atomic E-state index is 10.3. The van der Waals surface area contributed by atoms with E-state index in [-0.39, 0.29) is 6.10 Å². The Morgan fingerprint density at radius 1 is 0.882 bits per heavy atom. The molecule has 0 saturated heterocycles. The molecule has 1 aliphatic rings. The zero-order valence-electron chi connectivity index (χ0n) is 12.6. The van der Waals surface area contributed by atoms with E-state index in [1.165, 1.54) is 38.5 Å². The molecule has 1 heteroatoms. The van der Waals surface area contributed by atoms with Gasteiger partial charge in [-0.15, -0.1) is 0 Å². The molecule has 0 aromatic heterocycles. The molecule has 1 fully saturated rings. The zero-order chi connectivity index (χ0) is 13.1. The first-order valence-corrected chi connectivity index (χ1v) is 7.53. The Balaban J connectivity index is 2.13. The van der Waals surface area contributed by atoms with Crippen molar-refractivity contribution in [2.45, 2.75) is 85.7 Å². The topological polar surface area (TPSA) is 20.2 Å². The van der Waals surface area contributed by atoms with Gasteiger partial charge in [-0.1, -0.05) is 73.1 Å². The molecule has 1 N–H and O–H groups in total. The van der Waals surface area contributed by atoms with Crippen molar-refractivity contribution in [1.29, 1.82) is 0 Å². The number of rotatable bonds is 8. The summed E-state index contributed by atoms with van der Waals surface area (Å²) in [5, 5.41) is 10.3. The van der Waals surface area contributed by atoms with Crippen LogP contribution in [0.2, 0.25) is 0 Å². The van der Waals surface area contributed by atoms with E-state index in [1.54, 1.807) is 0 Å². The molecule has 0 aliphatic heterocycles. The predicted octanol–water partition coefficient (Wildman–Crippen LogP) is 4.78. The standard InChI is InChI=1S/C16H32O/c1-6-7-8-9-10-11-12-13(17)14-15(2,3)16(14,4)5/h13-14,17H,6-12H2,1-5H3. The Morgan fingerprint density at radius 3 is 1.82 bits per heavy atom. The minimum absolute atomic E-state index is 0.0776. The average Bonchev–Trinajstić information content (AvgIpc) is 2.63. The van der Waals surface area contributed by atoms with Gasteiger partial charge in [-0.2, -0.15) is 0 Å². The summed E-state index contributed by atoms with van der Waals surface area (Å²) in [6.45, 7) is 11.4. The van der Waals surface area contributed by atoms with Gasteiger partial charge >= 0.3 is 0 Å². The van der Waals surface area contributed by atoms with Crippen LogP contribution in [0.3, 0.4) is 0 Å². The third kappa shape index (κ3) is 3.24. The highest BCUT2D eigenvalue weighted by atomic mass is 16.3. The summed E-state index contributed by atoms with van der Waals surface area (Å²) in [4.78, 5) is 0. The summed E-state index contributed by atoms with van der Waals surface area (Å²) >= 11 is 0. The molecule has 0 aromatic rings. The number of aliphatic hydroxyl groups excluding tert-OH is 1. The first kappa shape index (κ1) is 15.0. The molecule has 0 heterocycles. The maximum atomic E-state index is 10.3. The average molecular weight is 240 g/mol. The van der Waals surface area contributed by atoms with E-state index >= 15 is 0 Å². The molecule has 102 valence electrons. The van der Waals surface area contributed by atoms with E-state index in [4.69, 9.17) is 0 Å². The van der Waals surface area contributed by atoms with Crippen LogP contribution in [-0.4, -0.2) is 11.2 Å². The summed E-state index contributed by atoms with van der Waals surface area (Å²) in [6.07, 6.45) is 8.82. The van der Waals surface area contributed by atoms with Crippen molar-refractivity contribution in [3.8, 4) is 0 Å². The van der Waals surface area contributed by atoms with Gasteiger partial charge in [-0.3, -0.25) is 0 Å². The zero-order valence-corrected chi connectivity index (χ0v) is 12.6. The highest BCUT2D eigenvalue weighted by Crippen LogP contribution is 2.70. The maximum Gasteiger partial charge on any atom is 0.0579 e. The smallest absolute Gasteiger partial charge is 0.0579 e. The summed E-state index contributed by atoms with van der Waals surface area (Å²) in [6, 6.07) is 0. The van der Waals surface area contributed by atoms with E-state index < -0.39 is 0 Å². The molecular weight excluding hydrogens is 208 g/mol. The van der Waals surface area contributed by atoms with Gasteiger partial charge in [0.15, 0.2) is 0 Å². The van der Waals surface area contributed by atoms with Crippen molar-refractivity contribution in [1.82, 2.24) is 0 Å². The lowest BCUT2D eigenvalue weighted by molar-refractivity contribution is 0.117. The van der Waals surface area contributed by atoms with E-state index in [0.29, 0.717) is 16.7 Å². The second kappa shape index (κ2) is 5.73. The van der Waals surface area contributed by atoms with Gasteiger partial charge in [0.05, 0.1) is 6.10 Å². The van der Waals surface area contributed by atoms with Crippen molar-refractivity contribution >= 4 is 0 Å². The molecule has 1 nitrogen and oxygen atoms in total. The Hall–Kier alpha value is -0.0400. The number of aliphatic hydroxyl groups is 1. The first-order chi connectivity index (χ1) is 7.85. The number of hydrogen-bond acceptors (Lipinski definition) is 1. The predicted molar refractivity (Wildman–Crippen MR) is 75.1 cm³/mol. The van der Waals surface area contributed by atoms with Gasteiger partial charge in [0.1, 0.15) is 0 Å². The van der Waals surface area contributed by atoms with Crippen LogP contribution in [0.5, 0.6) is 0 Å². The van der Waals surface area contributed by atoms with Crippen LogP contribution in [-0.2, 0) is 0 Å². The van der Waals surface area contributed by atoms with Crippen LogP contribution in [0.4, 0.5) is 0 Å². The third-order valence-electron chi connectivity index (χ3n) is 5.37. The van der Waals surface area contributed by atoms with Crippen molar-refractivity contribution in [3.63, 3.8) is 0 Å². The SMILES string of the molecule is CCCCCCCCC(O)C1C(C)(C)C1(C)C. The van der Waals surface area contributed by atoms with E-state index in [1.807, 2.05) is 0 Å². The van der Waals surface area contributed by atoms with Crippen LogP contribution < -0.4 is 0 Å². The summed E-state index contributed by atoms with van der Waals surface area (Å²) in [5.74, 6) is 0.505. The molecule has 0 amide bonds. The van der Waals surface area contributed by atoms with Gasteiger partial charge < -0.3 is 5.11 Å². The molecule has 0 bridgehead atoms. The van der Waals surface area contributed by atoms with E-state index in [2.05, 4.69) is 34.6 Å². The monoisotopic (exact) mass is 240 g/mol. The normalized spacial score (nSPS) is 23.6. The van der Waals surface area contributed by atoms with Gasteiger partial charge in [0.25, 0.3) is 0 Å².